The fraction of sp³-hybridized carbons (Fsp3) is 0.375. The van der Waals surface area contributed by atoms with Crippen LogP contribution in [0.2, 0.25) is 0 Å². The van der Waals surface area contributed by atoms with Crippen molar-refractivity contribution in [1.29, 1.82) is 0 Å². The van der Waals surface area contributed by atoms with E-state index in [2.05, 4.69) is 9.97 Å². The van der Waals surface area contributed by atoms with E-state index in [1.54, 1.807) is 5.48 Å². The molecule has 0 saturated heterocycles. The van der Waals surface area contributed by atoms with Crippen molar-refractivity contribution in [3.8, 4) is 0 Å². The number of H-pyrrole nitrogens is 1. The van der Waals surface area contributed by atoms with Crippen molar-refractivity contribution < 1.29 is 14.8 Å². The lowest BCUT2D eigenvalue weighted by Crippen LogP contribution is -2.61. The van der Waals surface area contributed by atoms with Gasteiger partial charge in [0.15, 0.2) is 0 Å². The third-order valence-electron chi connectivity index (χ3n) is 5.55. The summed E-state index contributed by atoms with van der Waals surface area (Å²) in [5, 5.41) is 10.4. The van der Waals surface area contributed by atoms with Gasteiger partial charge in [0.1, 0.15) is 11.7 Å². The highest BCUT2D eigenvalue weighted by Crippen LogP contribution is 2.14. The molecule has 10 heteroatoms. The fourth-order valence-corrected chi connectivity index (χ4v) is 3.77. The van der Waals surface area contributed by atoms with Gasteiger partial charge in [-0.15, -0.1) is 0 Å². The Bertz CT molecular complexity index is 1250. The van der Waals surface area contributed by atoms with Crippen LogP contribution in [-0.4, -0.2) is 37.7 Å². The molecular weight excluding hydrogens is 438 g/mol. The van der Waals surface area contributed by atoms with Gasteiger partial charge < -0.3 is 0 Å². The topological polar surface area (TPSA) is 137 Å². The number of pyridine rings is 1. The van der Waals surface area contributed by atoms with Gasteiger partial charge in [-0.1, -0.05) is 44.2 Å². The molecule has 0 spiro atoms. The second-order valence-corrected chi connectivity index (χ2v) is 8.49. The number of hydroxylamine groups is 1. The van der Waals surface area contributed by atoms with Crippen LogP contribution < -0.4 is 21.7 Å². The highest BCUT2D eigenvalue weighted by atomic mass is 16.5. The third-order valence-corrected chi connectivity index (χ3v) is 5.55. The van der Waals surface area contributed by atoms with Gasteiger partial charge in [0.05, 0.1) is 5.39 Å². The van der Waals surface area contributed by atoms with Crippen molar-refractivity contribution in [2.24, 2.45) is 5.92 Å². The first-order valence-corrected chi connectivity index (χ1v) is 11.2. The first-order chi connectivity index (χ1) is 16.3. The van der Waals surface area contributed by atoms with Crippen LogP contribution in [0.25, 0.3) is 11.0 Å². The van der Waals surface area contributed by atoms with Gasteiger partial charge in [-0.25, -0.2) is 20.3 Å². The Balaban J connectivity index is 2.04. The first kappa shape index (κ1) is 24.8. The van der Waals surface area contributed by atoms with Gasteiger partial charge in [0.25, 0.3) is 11.5 Å². The number of carbonyl (C=O) groups excluding carboxylic acids is 2. The molecule has 10 nitrogen and oxygen atoms in total. The lowest BCUT2D eigenvalue weighted by atomic mass is 10.0. The Morgan fingerprint density at radius 2 is 1.85 bits per heavy atom. The van der Waals surface area contributed by atoms with Crippen LogP contribution in [0, 0.1) is 5.92 Å². The summed E-state index contributed by atoms with van der Waals surface area (Å²) in [5.74, 6) is -1.27. The van der Waals surface area contributed by atoms with Gasteiger partial charge in [0, 0.05) is 12.6 Å². The van der Waals surface area contributed by atoms with Crippen LogP contribution in [0.3, 0.4) is 0 Å². The molecule has 3 rings (SSSR count). The van der Waals surface area contributed by atoms with E-state index < -0.39 is 29.1 Å². The predicted molar refractivity (Wildman–Crippen MR) is 127 cm³/mol. The molecule has 2 heterocycles. The predicted octanol–water partition coefficient (Wildman–Crippen LogP) is 1.88. The van der Waals surface area contributed by atoms with E-state index in [0.29, 0.717) is 23.9 Å². The summed E-state index contributed by atoms with van der Waals surface area (Å²) in [4.78, 5) is 58.7. The molecule has 2 amide bonds. The van der Waals surface area contributed by atoms with Gasteiger partial charge >= 0.3 is 5.69 Å². The van der Waals surface area contributed by atoms with Crippen molar-refractivity contribution in [3.63, 3.8) is 0 Å². The van der Waals surface area contributed by atoms with E-state index in [4.69, 9.17) is 0 Å². The molecular formula is C24H29N5O5. The molecule has 0 saturated carbocycles. The van der Waals surface area contributed by atoms with Crippen molar-refractivity contribution in [1.82, 2.24) is 20.1 Å². The monoisotopic (exact) mass is 467 g/mol. The van der Waals surface area contributed by atoms with Crippen LogP contribution in [0.15, 0.2) is 58.3 Å². The molecule has 0 aliphatic carbocycles. The smallest absolute Gasteiger partial charge is 0.290 e. The van der Waals surface area contributed by atoms with E-state index in [9.17, 15) is 24.4 Å². The minimum Gasteiger partial charge on any atom is -0.290 e. The van der Waals surface area contributed by atoms with Gasteiger partial charge in [0.2, 0.25) is 5.91 Å². The van der Waals surface area contributed by atoms with E-state index >= 15 is 0 Å². The molecule has 0 unspecified atom stereocenters. The highest BCUT2D eigenvalue weighted by molar-refractivity contribution is 5.95. The number of rotatable bonds is 10. The average molecular weight is 468 g/mol. The molecule has 1 aromatic carbocycles. The maximum atomic E-state index is 13.3. The SMILES string of the molecule is CC(C)CCC(=O)N([C@@H](CCCc1ccccc1)C(=O)NO)n1c(=O)[nH]c2ncccc2c1=O. The summed E-state index contributed by atoms with van der Waals surface area (Å²) in [6.07, 6.45) is 3.14. The Morgan fingerprint density at radius 1 is 1.12 bits per heavy atom. The van der Waals surface area contributed by atoms with E-state index in [0.717, 1.165) is 10.6 Å². The quantitative estimate of drug-likeness (QED) is 0.308. The van der Waals surface area contributed by atoms with Crippen molar-refractivity contribution in [2.75, 3.05) is 5.01 Å². The number of hydrogen-bond donors (Lipinski definition) is 3. The molecule has 180 valence electrons. The van der Waals surface area contributed by atoms with Crippen LogP contribution in [0.1, 0.15) is 45.1 Å². The average Bonchev–Trinajstić information content (AvgIpc) is 2.83. The van der Waals surface area contributed by atoms with Crippen LogP contribution in [0.5, 0.6) is 0 Å². The van der Waals surface area contributed by atoms with Crippen molar-refractivity contribution in [2.45, 2.75) is 52.0 Å². The number of aromatic nitrogens is 3. The molecule has 0 aliphatic heterocycles. The number of nitrogens with zero attached hydrogens (tertiary/aromatic N) is 3. The van der Waals surface area contributed by atoms with Crippen LogP contribution >= 0.6 is 0 Å². The molecule has 0 radical (unpaired) electrons. The van der Waals surface area contributed by atoms with Gasteiger partial charge in [-0.2, -0.15) is 4.68 Å². The summed E-state index contributed by atoms with van der Waals surface area (Å²) in [5.41, 5.74) is 1.03. The Labute approximate surface area is 196 Å². The Hall–Kier alpha value is -3.79. The zero-order valence-electron chi connectivity index (χ0n) is 19.2. The summed E-state index contributed by atoms with van der Waals surface area (Å²) in [7, 11) is 0. The van der Waals surface area contributed by atoms with Gasteiger partial charge in [-0.05, 0) is 49.3 Å². The maximum absolute atomic E-state index is 13.3. The number of carbonyl (C=O) groups is 2. The molecule has 0 fully saturated rings. The third kappa shape index (κ3) is 5.76. The molecule has 0 aliphatic rings. The first-order valence-electron chi connectivity index (χ1n) is 11.2. The zero-order chi connectivity index (χ0) is 24.7. The van der Waals surface area contributed by atoms with Crippen LogP contribution in [-0.2, 0) is 16.0 Å². The van der Waals surface area contributed by atoms with Gasteiger partial charge in [-0.3, -0.25) is 24.6 Å². The summed E-state index contributed by atoms with van der Waals surface area (Å²) in [6.45, 7) is 3.88. The molecule has 0 bridgehead atoms. The van der Waals surface area contributed by atoms with E-state index in [-0.39, 0.29) is 29.8 Å². The standard InChI is InChI=1S/C24H29N5O5/c1-16(2)13-14-20(30)28(29-23(32)18-11-7-15-25-21(18)26-24(29)33)19(22(31)27-34)12-6-10-17-8-4-3-5-9-17/h3-5,7-9,11,15-16,19,34H,6,10,12-14H2,1-2H3,(H,27,31)(H,25,26,33)/t19-/m0/s1. The number of nitrogens with one attached hydrogen (secondary N) is 2. The second-order valence-electron chi connectivity index (χ2n) is 8.49. The summed E-state index contributed by atoms with van der Waals surface area (Å²) < 4.78 is 0.648. The number of amides is 2. The minimum absolute atomic E-state index is 0.0164. The number of aryl methyl sites for hydroxylation is 1. The Kier molecular flexibility index (Phi) is 8.31. The summed E-state index contributed by atoms with van der Waals surface area (Å²) in [6, 6.07) is 11.3. The molecule has 3 N–H and O–H groups in total. The van der Waals surface area contributed by atoms with E-state index in [1.165, 1.54) is 18.3 Å². The number of benzene rings is 1. The second kappa shape index (κ2) is 11.4. The number of fused-ring (bicyclic) bond motifs is 1. The molecule has 2 aromatic heterocycles. The largest absolute Gasteiger partial charge is 0.349 e. The number of aromatic amines is 1. The van der Waals surface area contributed by atoms with Crippen LogP contribution in [0.4, 0.5) is 0 Å². The van der Waals surface area contributed by atoms with E-state index in [1.807, 2.05) is 44.2 Å². The molecule has 34 heavy (non-hydrogen) atoms. The molecule has 3 aromatic rings. The lowest BCUT2D eigenvalue weighted by molar-refractivity contribution is -0.134. The summed E-state index contributed by atoms with van der Waals surface area (Å²) >= 11 is 0. The number of hydrogen-bond acceptors (Lipinski definition) is 6. The minimum atomic E-state index is -1.28. The zero-order valence-corrected chi connectivity index (χ0v) is 19.2. The maximum Gasteiger partial charge on any atom is 0.349 e. The Morgan fingerprint density at radius 3 is 2.53 bits per heavy atom. The normalized spacial score (nSPS) is 12.0. The van der Waals surface area contributed by atoms with Crippen molar-refractivity contribution in [3.05, 3.63) is 75.1 Å². The van der Waals surface area contributed by atoms with Crippen molar-refractivity contribution >= 4 is 22.8 Å². The lowest BCUT2D eigenvalue weighted by Gasteiger charge is -2.31. The fourth-order valence-electron chi connectivity index (χ4n) is 3.77. The highest BCUT2D eigenvalue weighted by Gasteiger charge is 2.33. The molecule has 1 atom stereocenters.